The minimum Gasteiger partial charge on any atom is -0.493 e. The lowest BCUT2D eigenvalue weighted by molar-refractivity contribution is -0.123. The molecule has 0 atom stereocenters. The molecule has 4 rings (SSSR count). The van der Waals surface area contributed by atoms with E-state index in [-0.39, 0.29) is 23.1 Å². The zero-order valence-corrected chi connectivity index (χ0v) is 23.5. The summed E-state index contributed by atoms with van der Waals surface area (Å²) in [7, 11) is -2.03. The van der Waals surface area contributed by atoms with Crippen molar-refractivity contribution < 1.29 is 31.9 Å². The maximum Gasteiger partial charge on any atom is 0.235 e. The molecule has 12 nitrogen and oxygen atoms in total. The van der Waals surface area contributed by atoms with Gasteiger partial charge in [-0.3, -0.25) is 9.59 Å². The number of anilines is 2. The average molecular weight is 607 g/mol. The number of aromatic nitrogens is 3. The van der Waals surface area contributed by atoms with E-state index in [0.717, 1.165) is 29.7 Å². The first-order valence-corrected chi connectivity index (χ1v) is 14.9. The van der Waals surface area contributed by atoms with Crippen molar-refractivity contribution in [3.63, 3.8) is 0 Å². The molecular weight excluding hydrogens is 583 g/mol. The number of thiazole rings is 1. The van der Waals surface area contributed by atoms with Gasteiger partial charge in [0, 0.05) is 18.5 Å². The van der Waals surface area contributed by atoms with Crippen LogP contribution in [0.3, 0.4) is 0 Å². The smallest absolute Gasteiger partial charge is 0.235 e. The van der Waals surface area contributed by atoms with E-state index >= 15 is 0 Å². The Morgan fingerprint density at radius 3 is 2.55 bits per heavy atom. The summed E-state index contributed by atoms with van der Waals surface area (Å²) in [5.41, 5.74) is 0.520. The van der Waals surface area contributed by atoms with Crippen LogP contribution in [0, 0.1) is 5.82 Å². The molecule has 2 amide bonds. The van der Waals surface area contributed by atoms with Crippen molar-refractivity contribution in [3.05, 3.63) is 66.4 Å². The van der Waals surface area contributed by atoms with Gasteiger partial charge in [0.25, 0.3) is 0 Å². The van der Waals surface area contributed by atoms with Crippen LogP contribution in [0.1, 0.15) is 12.1 Å². The Kier molecular flexibility index (Phi) is 9.36. The van der Waals surface area contributed by atoms with Crippen molar-refractivity contribution in [2.45, 2.75) is 22.3 Å². The highest BCUT2D eigenvalue weighted by Gasteiger charge is 2.19. The molecule has 0 unspecified atom stereocenters. The van der Waals surface area contributed by atoms with Gasteiger partial charge in [-0.05, 0) is 36.0 Å². The third-order valence-electron chi connectivity index (χ3n) is 4.90. The molecule has 40 heavy (non-hydrogen) atoms. The molecule has 0 aliphatic heterocycles. The Morgan fingerprint density at radius 2 is 1.85 bits per heavy atom. The van der Waals surface area contributed by atoms with E-state index in [0.29, 0.717) is 26.6 Å². The molecule has 0 radical (unpaired) electrons. The number of rotatable bonds is 12. The number of H-pyrrole nitrogens is 1. The average Bonchev–Trinajstić information content (AvgIpc) is 3.54. The van der Waals surface area contributed by atoms with Gasteiger partial charge in [0.05, 0.1) is 35.5 Å². The molecule has 0 spiro atoms. The number of hydrogen-bond donors (Lipinski definition) is 4. The molecule has 0 saturated carbocycles. The van der Waals surface area contributed by atoms with Crippen LogP contribution < -0.4 is 24.8 Å². The summed E-state index contributed by atoms with van der Waals surface area (Å²) >= 11 is 2.31. The number of amides is 2. The van der Waals surface area contributed by atoms with Crippen molar-refractivity contribution in [2.75, 3.05) is 24.0 Å². The SMILES string of the molecule is COc1ccccc1Oc1cc(F)ccc1NC(=O)CC(=O)Nc1nc(CNS(C)(=O)=O)c(Sc2ncc[nH]2)s1. The Morgan fingerprint density at radius 1 is 1.10 bits per heavy atom. The topological polar surface area (TPSA) is 164 Å². The number of ether oxygens (including phenoxy) is 2. The Balaban J connectivity index is 1.43. The number of aromatic amines is 1. The second-order valence-electron chi connectivity index (χ2n) is 8.01. The van der Waals surface area contributed by atoms with Gasteiger partial charge in [-0.1, -0.05) is 23.5 Å². The minimum absolute atomic E-state index is 0.0146. The lowest BCUT2D eigenvalue weighted by atomic mass is 10.2. The fourth-order valence-electron chi connectivity index (χ4n) is 3.19. The van der Waals surface area contributed by atoms with E-state index in [1.807, 2.05) is 0 Å². The fraction of sp³-hybridized carbons (Fsp3) is 0.167. The van der Waals surface area contributed by atoms with E-state index in [4.69, 9.17) is 9.47 Å². The molecule has 0 bridgehead atoms. The number of halogens is 1. The van der Waals surface area contributed by atoms with Crippen LogP contribution in [0.4, 0.5) is 15.2 Å². The summed E-state index contributed by atoms with van der Waals surface area (Å²) in [6.45, 7) is -0.103. The summed E-state index contributed by atoms with van der Waals surface area (Å²) in [4.78, 5) is 36.7. The molecule has 0 aliphatic rings. The van der Waals surface area contributed by atoms with Crippen molar-refractivity contribution in [1.82, 2.24) is 19.7 Å². The fourth-order valence-corrected chi connectivity index (χ4v) is 5.61. The Bertz CT molecular complexity index is 1610. The molecule has 0 fully saturated rings. The number of para-hydroxylation sites is 2. The first-order valence-electron chi connectivity index (χ1n) is 11.4. The maximum absolute atomic E-state index is 14.0. The van der Waals surface area contributed by atoms with E-state index in [2.05, 4.69) is 30.3 Å². The number of carbonyl (C=O) groups is 2. The van der Waals surface area contributed by atoms with Crippen LogP contribution in [0.25, 0.3) is 0 Å². The summed E-state index contributed by atoms with van der Waals surface area (Å²) < 4.78 is 51.0. The number of carbonyl (C=O) groups excluding carboxylic acids is 2. The normalized spacial score (nSPS) is 11.2. The highest BCUT2D eigenvalue weighted by Crippen LogP contribution is 2.37. The number of nitrogens with zero attached hydrogens (tertiary/aromatic N) is 2. The molecule has 16 heteroatoms. The van der Waals surface area contributed by atoms with Gasteiger partial charge < -0.3 is 25.1 Å². The van der Waals surface area contributed by atoms with E-state index in [1.54, 1.807) is 36.7 Å². The lowest BCUT2D eigenvalue weighted by Gasteiger charge is -2.14. The second-order valence-corrected chi connectivity index (χ2v) is 12.1. The summed E-state index contributed by atoms with van der Waals surface area (Å²) in [6.07, 6.45) is 3.64. The van der Waals surface area contributed by atoms with Gasteiger partial charge in [0.15, 0.2) is 27.5 Å². The molecule has 0 saturated heterocycles. The van der Waals surface area contributed by atoms with Crippen LogP contribution in [0.5, 0.6) is 17.2 Å². The molecule has 4 aromatic rings. The van der Waals surface area contributed by atoms with Gasteiger partial charge in [-0.2, -0.15) is 0 Å². The molecule has 4 N–H and O–H groups in total. The third kappa shape index (κ3) is 8.25. The van der Waals surface area contributed by atoms with Gasteiger partial charge in [-0.25, -0.2) is 27.5 Å². The van der Waals surface area contributed by atoms with Crippen molar-refractivity contribution >= 4 is 55.8 Å². The van der Waals surface area contributed by atoms with Gasteiger partial charge in [0.2, 0.25) is 21.8 Å². The zero-order valence-electron chi connectivity index (χ0n) is 21.1. The van der Waals surface area contributed by atoms with E-state index < -0.39 is 34.1 Å². The highest BCUT2D eigenvalue weighted by atomic mass is 32.2. The van der Waals surface area contributed by atoms with E-state index in [9.17, 15) is 22.4 Å². The largest absolute Gasteiger partial charge is 0.493 e. The summed E-state index contributed by atoms with van der Waals surface area (Å²) in [5.74, 6) is -1.22. The Hall–Kier alpha value is -3.99. The van der Waals surface area contributed by atoms with Crippen molar-refractivity contribution in [3.8, 4) is 17.2 Å². The highest BCUT2D eigenvalue weighted by molar-refractivity contribution is 8.01. The quantitative estimate of drug-likeness (QED) is 0.175. The first-order chi connectivity index (χ1) is 19.1. The van der Waals surface area contributed by atoms with Gasteiger partial charge in [0.1, 0.15) is 12.2 Å². The molecule has 210 valence electrons. The number of hydrogen-bond acceptors (Lipinski definition) is 10. The molecule has 0 aliphatic carbocycles. The zero-order chi connectivity index (χ0) is 28.7. The Labute approximate surface area is 236 Å². The summed E-state index contributed by atoms with van der Waals surface area (Å²) in [5, 5.41) is 5.82. The predicted octanol–water partition coefficient (Wildman–Crippen LogP) is 3.97. The van der Waals surface area contributed by atoms with E-state index in [1.165, 1.54) is 24.9 Å². The van der Waals surface area contributed by atoms with Crippen molar-refractivity contribution in [2.24, 2.45) is 0 Å². The number of benzene rings is 2. The minimum atomic E-state index is -3.49. The molecule has 2 aromatic heterocycles. The van der Waals surface area contributed by atoms with Crippen LogP contribution in [-0.2, 0) is 26.2 Å². The number of nitrogens with one attached hydrogen (secondary N) is 4. The van der Waals surface area contributed by atoms with Gasteiger partial charge in [-0.15, -0.1) is 0 Å². The number of methoxy groups -OCH3 is 1. The van der Waals surface area contributed by atoms with Crippen LogP contribution in [0.15, 0.2) is 64.2 Å². The lowest BCUT2D eigenvalue weighted by Crippen LogP contribution is -2.22. The third-order valence-corrected chi connectivity index (χ3v) is 7.71. The van der Waals surface area contributed by atoms with Crippen molar-refractivity contribution in [1.29, 1.82) is 0 Å². The van der Waals surface area contributed by atoms with Crippen LogP contribution in [0.2, 0.25) is 0 Å². The predicted molar refractivity (Wildman–Crippen MR) is 148 cm³/mol. The number of sulfonamides is 1. The summed E-state index contributed by atoms with van der Waals surface area (Å²) in [6, 6.07) is 10.3. The molecular formula is C24H23FN6O6S3. The standard InChI is InChI=1S/C24H23FN6O6S3/c1-36-17-5-3-4-6-18(17)37-19-11-14(25)7-8-15(19)29-20(32)12-21(33)31-24-30-16(13-28-40(2,34)35)22(39-24)38-23-26-9-10-27-23/h3-11,28H,12-13H2,1-2H3,(H,26,27)(H,29,32)(H,30,31,33). The van der Waals surface area contributed by atoms with Gasteiger partial charge >= 0.3 is 0 Å². The molecule has 2 heterocycles. The van der Waals surface area contributed by atoms with Crippen LogP contribution in [-0.4, -0.2) is 48.5 Å². The first kappa shape index (κ1) is 29.0. The monoisotopic (exact) mass is 606 g/mol. The second kappa shape index (κ2) is 12.9. The molecule has 2 aromatic carbocycles. The maximum atomic E-state index is 14.0. The van der Waals surface area contributed by atoms with Crippen LogP contribution >= 0.6 is 23.1 Å². The number of imidazole rings is 1.